The molecule has 0 aliphatic carbocycles. The average Bonchev–Trinajstić information content (AvgIpc) is 3.64. The third kappa shape index (κ3) is 4.47. The molecule has 0 bridgehead atoms. The van der Waals surface area contributed by atoms with E-state index >= 15 is 0 Å². The lowest BCUT2D eigenvalue weighted by atomic mass is 10.0. The number of rotatable bonds is 7. The zero-order valence-corrected chi connectivity index (χ0v) is 21.2. The SMILES string of the molecule is CC(C)(OP(=O)(O)O)c1cn(-c2ccc(-c3ccc4c(c3)C[C@H]3[C@H](Cn5ccnn5)OC(=O)N43)cn2)nn1. The molecule has 4 aromatic rings. The van der Waals surface area contributed by atoms with E-state index in [1.165, 1.54) is 24.7 Å². The van der Waals surface area contributed by atoms with E-state index in [-0.39, 0.29) is 23.9 Å². The molecule has 2 N–H and O–H groups in total. The van der Waals surface area contributed by atoms with Crippen molar-refractivity contribution in [1.29, 1.82) is 0 Å². The van der Waals surface area contributed by atoms with E-state index < -0.39 is 13.4 Å². The number of nitrogens with zero attached hydrogens (tertiary/aromatic N) is 8. The van der Waals surface area contributed by atoms with Gasteiger partial charge in [-0.2, -0.15) is 0 Å². The van der Waals surface area contributed by atoms with Crippen LogP contribution in [-0.2, 0) is 32.4 Å². The number of pyridine rings is 1. The smallest absolute Gasteiger partial charge is 0.442 e. The Hall–Kier alpha value is -3.97. The second-order valence-electron chi connectivity index (χ2n) is 9.58. The summed E-state index contributed by atoms with van der Waals surface area (Å²) in [6, 6.07) is 9.45. The van der Waals surface area contributed by atoms with Crippen LogP contribution in [0.4, 0.5) is 10.5 Å². The molecular formula is C23H23N8O6P. The van der Waals surface area contributed by atoms with Gasteiger partial charge in [0.2, 0.25) is 0 Å². The molecule has 1 amide bonds. The monoisotopic (exact) mass is 538 g/mol. The van der Waals surface area contributed by atoms with Crippen molar-refractivity contribution in [2.24, 2.45) is 0 Å². The van der Waals surface area contributed by atoms with Crippen molar-refractivity contribution in [3.8, 4) is 16.9 Å². The van der Waals surface area contributed by atoms with Gasteiger partial charge in [0.1, 0.15) is 17.4 Å². The van der Waals surface area contributed by atoms with Crippen LogP contribution in [-0.4, -0.2) is 63.0 Å². The number of amides is 1. The van der Waals surface area contributed by atoms with Crippen LogP contribution in [0.15, 0.2) is 55.1 Å². The summed E-state index contributed by atoms with van der Waals surface area (Å²) in [5, 5.41) is 15.8. The maximum atomic E-state index is 12.6. The Balaban J connectivity index is 1.20. The van der Waals surface area contributed by atoms with Crippen LogP contribution in [0.1, 0.15) is 25.1 Å². The lowest BCUT2D eigenvalue weighted by Crippen LogP contribution is -2.35. The number of ether oxygens (including phenoxy) is 1. The Morgan fingerprint density at radius 2 is 2.00 bits per heavy atom. The van der Waals surface area contributed by atoms with Crippen molar-refractivity contribution >= 4 is 19.6 Å². The molecule has 14 nitrogen and oxygen atoms in total. The molecule has 3 aromatic heterocycles. The van der Waals surface area contributed by atoms with Gasteiger partial charge >= 0.3 is 13.9 Å². The van der Waals surface area contributed by atoms with Gasteiger partial charge in [-0.15, -0.1) is 10.2 Å². The molecule has 0 saturated carbocycles. The van der Waals surface area contributed by atoms with Gasteiger partial charge in [-0.05, 0) is 55.7 Å². The minimum atomic E-state index is -4.72. The average molecular weight is 538 g/mol. The molecule has 0 spiro atoms. The zero-order chi connectivity index (χ0) is 26.7. The quantitative estimate of drug-likeness (QED) is 0.331. The van der Waals surface area contributed by atoms with Crippen molar-refractivity contribution in [3.63, 3.8) is 0 Å². The predicted molar refractivity (Wildman–Crippen MR) is 131 cm³/mol. The van der Waals surface area contributed by atoms with Crippen molar-refractivity contribution in [2.45, 2.75) is 44.6 Å². The van der Waals surface area contributed by atoms with Crippen LogP contribution < -0.4 is 4.90 Å². The molecule has 2 aliphatic rings. The standard InChI is InChI=1S/C23H23N8O6P/c1-23(2,37-38(33,34)35)20-13-30(28-26-20)21-6-4-15(11-24-21)14-3-5-17-16(9-14)10-18-19(36-22(32)31(17)18)12-29-8-7-25-27-29/h3-9,11,13,18-19H,10,12H2,1-2H3,(H2,33,34,35)/t18-,19-/m0/s1. The van der Waals surface area contributed by atoms with E-state index in [0.717, 1.165) is 22.4 Å². The fourth-order valence-electron chi connectivity index (χ4n) is 4.82. The van der Waals surface area contributed by atoms with Gasteiger partial charge < -0.3 is 14.5 Å². The summed E-state index contributed by atoms with van der Waals surface area (Å²) in [5.41, 5.74) is 2.59. The molecule has 5 heterocycles. The van der Waals surface area contributed by atoms with Gasteiger partial charge in [0, 0.05) is 18.0 Å². The van der Waals surface area contributed by atoms with Gasteiger partial charge in [0.15, 0.2) is 5.82 Å². The molecule has 6 rings (SSSR count). The highest BCUT2D eigenvalue weighted by Crippen LogP contribution is 2.45. The second-order valence-corrected chi connectivity index (χ2v) is 10.7. The minimum Gasteiger partial charge on any atom is -0.442 e. The third-order valence-electron chi connectivity index (χ3n) is 6.59. The highest BCUT2D eigenvalue weighted by molar-refractivity contribution is 7.46. The molecule has 0 radical (unpaired) electrons. The summed E-state index contributed by atoms with van der Waals surface area (Å²) >= 11 is 0. The summed E-state index contributed by atoms with van der Waals surface area (Å²) in [4.78, 5) is 37.1. The number of aromatic nitrogens is 7. The highest BCUT2D eigenvalue weighted by atomic mass is 31.2. The van der Waals surface area contributed by atoms with Crippen LogP contribution >= 0.6 is 7.82 Å². The Labute approximate surface area is 216 Å². The predicted octanol–water partition coefficient (Wildman–Crippen LogP) is 2.22. The number of carbonyl (C=O) groups is 1. The first-order chi connectivity index (χ1) is 18.1. The van der Waals surface area contributed by atoms with Crippen molar-refractivity contribution in [1.82, 2.24) is 35.0 Å². The summed E-state index contributed by atoms with van der Waals surface area (Å²) in [5.74, 6) is 0.472. The van der Waals surface area contributed by atoms with E-state index in [4.69, 9.17) is 19.0 Å². The Morgan fingerprint density at radius 1 is 1.18 bits per heavy atom. The number of carbonyl (C=O) groups excluding carboxylic acids is 1. The first-order valence-corrected chi connectivity index (χ1v) is 13.2. The zero-order valence-electron chi connectivity index (χ0n) is 20.3. The molecule has 196 valence electrons. The largest absolute Gasteiger partial charge is 0.470 e. The number of phosphoric ester groups is 1. The van der Waals surface area contributed by atoms with Crippen LogP contribution in [0.5, 0.6) is 0 Å². The van der Waals surface area contributed by atoms with Crippen molar-refractivity contribution in [3.05, 3.63) is 66.4 Å². The lowest BCUT2D eigenvalue weighted by molar-refractivity contribution is 0.0594. The molecule has 2 atom stereocenters. The van der Waals surface area contributed by atoms with Gasteiger partial charge in [0.05, 0.1) is 30.7 Å². The molecule has 1 saturated heterocycles. The fraction of sp³-hybridized carbons (Fsp3) is 0.304. The highest BCUT2D eigenvalue weighted by Gasteiger charge is 2.47. The topological polar surface area (TPSA) is 171 Å². The molecule has 2 aliphatic heterocycles. The molecule has 1 aromatic carbocycles. The Kier molecular flexibility index (Phi) is 5.65. The molecule has 15 heteroatoms. The van der Waals surface area contributed by atoms with Crippen LogP contribution in [0.2, 0.25) is 0 Å². The molecule has 0 unspecified atom stereocenters. The first kappa shape index (κ1) is 24.4. The van der Waals surface area contributed by atoms with Gasteiger partial charge in [0.25, 0.3) is 0 Å². The number of phosphoric acid groups is 1. The summed E-state index contributed by atoms with van der Waals surface area (Å²) in [6.07, 6.45) is 6.51. The van der Waals surface area contributed by atoms with Gasteiger partial charge in [-0.1, -0.05) is 16.5 Å². The van der Waals surface area contributed by atoms with E-state index in [0.29, 0.717) is 18.8 Å². The Bertz CT molecular complexity index is 1550. The second kappa shape index (κ2) is 8.81. The van der Waals surface area contributed by atoms with Crippen molar-refractivity contribution < 1.29 is 28.4 Å². The number of cyclic esters (lactones) is 1. The van der Waals surface area contributed by atoms with E-state index in [1.54, 1.807) is 34.2 Å². The van der Waals surface area contributed by atoms with Crippen LogP contribution in [0.25, 0.3) is 16.9 Å². The number of benzene rings is 1. The van der Waals surface area contributed by atoms with Gasteiger partial charge in [-0.25, -0.2) is 23.7 Å². The normalized spacial score (nSPS) is 18.9. The third-order valence-corrected chi connectivity index (χ3v) is 7.28. The van der Waals surface area contributed by atoms with E-state index in [9.17, 15) is 9.36 Å². The first-order valence-electron chi connectivity index (χ1n) is 11.7. The van der Waals surface area contributed by atoms with Crippen LogP contribution in [0.3, 0.4) is 0 Å². The number of fused-ring (bicyclic) bond motifs is 3. The Morgan fingerprint density at radius 3 is 2.71 bits per heavy atom. The maximum Gasteiger partial charge on any atom is 0.470 e. The minimum absolute atomic E-state index is 0.113. The number of hydrogen-bond donors (Lipinski definition) is 2. The number of hydrogen-bond acceptors (Lipinski definition) is 9. The van der Waals surface area contributed by atoms with Crippen molar-refractivity contribution in [2.75, 3.05) is 4.90 Å². The summed E-state index contributed by atoms with van der Waals surface area (Å²) in [7, 11) is -4.72. The summed E-state index contributed by atoms with van der Waals surface area (Å²) in [6.45, 7) is 3.42. The van der Waals surface area contributed by atoms with Gasteiger partial charge in [-0.3, -0.25) is 9.42 Å². The fourth-order valence-corrected chi connectivity index (χ4v) is 5.50. The molecule has 38 heavy (non-hydrogen) atoms. The van der Waals surface area contributed by atoms with Crippen LogP contribution in [0, 0.1) is 0 Å². The van der Waals surface area contributed by atoms with E-state index in [1.807, 2.05) is 18.2 Å². The molecule has 1 fully saturated rings. The summed E-state index contributed by atoms with van der Waals surface area (Å²) < 4.78 is 24.8. The lowest BCUT2D eigenvalue weighted by Gasteiger charge is -2.22. The number of anilines is 1. The molecular weight excluding hydrogens is 515 g/mol. The maximum absolute atomic E-state index is 12.6. The van der Waals surface area contributed by atoms with E-state index in [2.05, 4.69) is 31.7 Å².